The van der Waals surface area contributed by atoms with Crippen molar-refractivity contribution >= 4 is 22.8 Å². The molecule has 0 atom stereocenters. The summed E-state index contributed by atoms with van der Waals surface area (Å²) in [6.45, 7) is 0. The van der Waals surface area contributed by atoms with Gasteiger partial charge in [-0.15, -0.1) is 0 Å². The number of benzene rings is 2. The average molecular weight is 252 g/mol. The minimum atomic E-state index is -0.608. The summed E-state index contributed by atoms with van der Waals surface area (Å²) < 4.78 is 1.68. The highest BCUT2D eigenvalue weighted by Gasteiger charge is 2.13. The molecule has 0 aliphatic rings. The van der Waals surface area contributed by atoms with E-state index in [1.807, 2.05) is 54.6 Å². The van der Waals surface area contributed by atoms with E-state index in [0.29, 0.717) is 5.82 Å². The molecular weight excluding hydrogens is 240 g/mol. The second-order valence-corrected chi connectivity index (χ2v) is 4.10. The molecule has 3 rings (SSSR count). The summed E-state index contributed by atoms with van der Waals surface area (Å²) >= 11 is 0. The van der Waals surface area contributed by atoms with E-state index in [-0.39, 0.29) is 0 Å². The first kappa shape index (κ1) is 11.3. The molecule has 0 unspecified atom stereocenters. The predicted molar refractivity (Wildman–Crippen MR) is 74.3 cm³/mol. The molecular formula is C14H12N4O. The number of carbonyl (C=O) groups excluding carboxylic acids is 1. The van der Waals surface area contributed by atoms with E-state index in [4.69, 9.17) is 5.73 Å². The molecule has 5 nitrogen and oxygen atoms in total. The van der Waals surface area contributed by atoms with Gasteiger partial charge in [-0.25, -0.2) is 9.48 Å². The minimum absolute atomic E-state index is 0.578. The molecule has 0 spiro atoms. The van der Waals surface area contributed by atoms with Crippen molar-refractivity contribution in [2.24, 2.45) is 5.73 Å². The molecule has 3 aromatic rings. The van der Waals surface area contributed by atoms with Gasteiger partial charge in [0.1, 0.15) is 5.82 Å². The molecule has 3 N–H and O–H groups in total. The number of anilines is 1. The molecule has 94 valence electrons. The van der Waals surface area contributed by atoms with Crippen molar-refractivity contribution in [3.63, 3.8) is 0 Å². The zero-order valence-electron chi connectivity index (χ0n) is 10.1. The Morgan fingerprint density at radius 2 is 1.74 bits per heavy atom. The van der Waals surface area contributed by atoms with Crippen molar-refractivity contribution in [1.29, 1.82) is 0 Å². The molecule has 5 heteroatoms. The van der Waals surface area contributed by atoms with Gasteiger partial charge >= 0.3 is 6.03 Å². The lowest BCUT2D eigenvalue weighted by Crippen LogP contribution is -2.21. The van der Waals surface area contributed by atoms with E-state index in [1.54, 1.807) is 4.68 Å². The molecule has 0 saturated heterocycles. The Labute approximate surface area is 109 Å². The fourth-order valence-corrected chi connectivity index (χ4v) is 2.03. The minimum Gasteiger partial charge on any atom is -0.351 e. The van der Waals surface area contributed by atoms with E-state index < -0.39 is 6.03 Å². The van der Waals surface area contributed by atoms with Crippen molar-refractivity contribution < 1.29 is 4.79 Å². The molecule has 1 aromatic heterocycles. The van der Waals surface area contributed by atoms with E-state index >= 15 is 0 Å². The van der Waals surface area contributed by atoms with Gasteiger partial charge in [0.05, 0.1) is 11.2 Å². The molecule has 0 aliphatic heterocycles. The third kappa shape index (κ3) is 2.01. The van der Waals surface area contributed by atoms with Crippen LogP contribution < -0.4 is 11.1 Å². The zero-order valence-corrected chi connectivity index (χ0v) is 10.1. The zero-order chi connectivity index (χ0) is 13.2. The average Bonchev–Trinajstić information content (AvgIpc) is 2.78. The van der Waals surface area contributed by atoms with Crippen LogP contribution in [0.5, 0.6) is 0 Å². The fraction of sp³-hybridized carbons (Fsp3) is 0. The van der Waals surface area contributed by atoms with Gasteiger partial charge in [0.2, 0.25) is 0 Å². The highest BCUT2D eigenvalue weighted by molar-refractivity contribution is 5.99. The van der Waals surface area contributed by atoms with Crippen LogP contribution in [0.1, 0.15) is 0 Å². The Hall–Kier alpha value is -2.82. The predicted octanol–water partition coefficient (Wildman–Crippen LogP) is 2.52. The van der Waals surface area contributed by atoms with Crippen LogP contribution in [0.15, 0.2) is 54.6 Å². The summed E-state index contributed by atoms with van der Waals surface area (Å²) in [6.07, 6.45) is 0. The Kier molecular flexibility index (Phi) is 2.64. The van der Waals surface area contributed by atoms with Crippen molar-refractivity contribution in [1.82, 2.24) is 9.78 Å². The van der Waals surface area contributed by atoms with Crippen LogP contribution in [-0.4, -0.2) is 15.8 Å². The number of fused-ring (bicyclic) bond motifs is 1. The number of primary amides is 1. The summed E-state index contributed by atoms with van der Waals surface area (Å²) in [5.74, 6) is 0.578. The van der Waals surface area contributed by atoms with Gasteiger partial charge in [0.15, 0.2) is 0 Å². The van der Waals surface area contributed by atoms with Crippen molar-refractivity contribution in [2.75, 3.05) is 5.32 Å². The lowest BCUT2D eigenvalue weighted by Gasteiger charge is -2.07. The lowest BCUT2D eigenvalue weighted by atomic mass is 10.2. The van der Waals surface area contributed by atoms with Crippen molar-refractivity contribution in [3.05, 3.63) is 54.6 Å². The second-order valence-electron chi connectivity index (χ2n) is 4.10. The first-order chi connectivity index (χ1) is 9.25. The number of nitrogens with two attached hydrogens (primary N) is 1. The van der Waals surface area contributed by atoms with Gasteiger partial charge in [0.25, 0.3) is 0 Å². The maximum Gasteiger partial charge on any atom is 0.317 e. The van der Waals surface area contributed by atoms with Crippen LogP contribution in [0.2, 0.25) is 0 Å². The summed E-state index contributed by atoms with van der Waals surface area (Å²) in [5.41, 5.74) is 6.89. The first-order valence-electron chi connectivity index (χ1n) is 5.85. The molecule has 0 bridgehead atoms. The van der Waals surface area contributed by atoms with Gasteiger partial charge < -0.3 is 5.73 Å². The number of carbonyl (C=O) groups is 1. The Morgan fingerprint density at radius 1 is 1.05 bits per heavy atom. The van der Waals surface area contributed by atoms with E-state index in [2.05, 4.69) is 10.4 Å². The largest absolute Gasteiger partial charge is 0.351 e. The van der Waals surface area contributed by atoms with Crippen LogP contribution >= 0.6 is 0 Å². The molecule has 0 aliphatic carbocycles. The van der Waals surface area contributed by atoms with Crippen LogP contribution in [0.25, 0.3) is 16.6 Å². The summed E-state index contributed by atoms with van der Waals surface area (Å²) in [6, 6.07) is 16.6. The standard InChI is InChI=1S/C14H12N4O/c15-14(19)16-13-11-8-4-5-9-12(11)17-18(13)10-6-2-1-3-7-10/h1-9H,(H3,15,16,19). The fourth-order valence-electron chi connectivity index (χ4n) is 2.03. The first-order valence-corrected chi connectivity index (χ1v) is 5.85. The topological polar surface area (TPSA) is 72.9 Å². The van der Waals surface area contributed by atoms with Gasteiger partial charge in [-0.2, -0.15) is 5.10 Å². The Morgan fingerprint density at radius 3 is 2.47 bits per heavy atom. The second kappa shape index (κ2) is 4.45. The van der Waals surface area contributed by atoms with Gasteiger partial charge in [-0.05, 0) is 24.3 Å². The number of aromatic nitrogens is 2. The Bertz CT molecular complexity index is 734. The van der Waals surface area contributed by atoms with E-state index in [9.17, 15) is 4.79 Å². The lowest BCUT2D eigenvalue weighted by molar-refractivity contribution is 0.259. The quantitative estimate of drug-likeness (QED) is 0.735. The molecule has 1 heterocycles. The van der Waals surface area contributed by atoms with Gasteiger partial charge in [0, 0.05) is 5.39 Å². The SMILES string of the molecule is NC(=O)Nc1c2ccccc2nn1-c1ccccc1. The number of nitrogens with zero attached hydrogens (tertiary/aromatic N) is 2. The monoisotopic (exact) mass is 252 g/mol. The highest BCUT2D eigenvalue weighted by Crippen LogP contribution is 2.25. The summed E-state index contributed by atoms with van der Waals surface area (Å²) in [7, 11) is 0. The maximum absolute atomic E-state index is 11.2. The van der Waals surface area contributed by atoms with Crippen LogP contribution in [0.4, 0.5) is 10.6 Å². The molecule has 0 saturated carbocycles. The highest BCUT2D eigenvalue weighted by atomic mass is 16.2. The third-order valence-electron chi connectivity index (χ3n) is 2.82. The molecule has 2 amide bonds. The number of urea groups is 1. The molecule has 0 fully saturated rings. The van der Waals surface area contributed by atoms with E-state index in [1.165, 1.54) is 0 Å². The van der Waals surface area contributed by atoms with E-state index in [0.717, 1.165) is 16.6 Å². The van der Waals surface area contributed by atoms with Gasteiger partial charge in [-0.1, -0.05) is 30.3 Å². The van der Waals surface area contributed by atoms with Crippen molar-refractivity contribution in [2.45, 2.75) is 0 Å². The Balaban J connectivity index is 2.26. The smallest absolute Gasteiger partial charge is 0.317 e. The molecule has 19 heavy (non-hydrogen) atoms. The normalized spacial score (nSPS) is 10.5. The molecule has 2 aromatic carbocycles. The number of para-hydroxylation sites is 1. The number of hydrogen-bond donors (Lipinski definition) is 2. The maximum atomic E-state index is 11.2. The third-order valence-corrected chi connectivity index (χ3v) is 2.82. The van der Waals surface area contributed by atoms with Crippen LogP contribution in [-0.2, 0) is 0 Å². The van der Waals surface area contributed by atoms with Crippen LogP contribution in [0.3, 0.4) is 0 Å². The number of amides is 2. The van der Waals surface area contributed by atoms with Crippen LogP contribution in [0, 0.1) is 0 Å². The number of hydrogen-bond acceptors (Lipinski definition) is 2. The number of nitrogens with one attached hydrogen (secondary N) is 1. The van der Waals surface area contributed by atoms with Gasteiger partial charge in [-0.3, -0.25) is 5.32 Å². The summed E-state index contributed by atoms with van der Waals surface area (Å²) in [4.78, 5) is 11.2. The molecule has 0 radical (unpaired) electrons. The summed E-state index contributed by atoms with van der Waals surface area (Å²) in [5, 5.41) is 7.97. The van der Waals surface area contributed by atoms with Crippen molar-refractivity contribution in [3.8, 4) is 5.69 Å². The number of rotatable bonds is 2.